The predicted molar refractivity (Wildman–Crippen MR) is 88.1 cm³/mol. The molecule has 0 saturated carbocycles. The molecule has 0 aromatic heterocycles. The lowest BCUT2D eigenvalue weighted by Crippen LogP contribution is -1.97. The van der Waals surface area contributed by atoms with E-state index in [0.29, 0.717) is 0 Å². The number of hydrogen-bond donors (Lipinski definition) is 0. The van der Waals surface area contributed by atoms with Crippen molar-refractivity contribution in [1.29, 1.82) is 0 Å². The zero-order valence-corrected chi connectivity index (χ0v) is 13.2. The number of rotatable bonds is 7. The molecule has 2 rings (SSSR count). The summed E-state index contributed by atoms with van der Waals surface area (Å²) in [4.78, 5) is 1.34. The van der Waals surface area contributed by atoms with E-state index in [1.165, 1.54) is 10.5 Å². The Kier molecular flexibility index (Phi) is 6.28. The molecule has 2 aromatic carbocycles. The summed E-state index contributed by atoms with van der Waals surface area (Å²) < 4.78 is 5.66. The van der Waals surface area contributed by atoms with Crippen LogP contribution in [0.2, 0.25) is 5.02 Å². The summed E-state index contributed by atoms with van der Waals surface area (Å²) >= 11 is 7.73. The third-order valence-electron chi connectivity index (χ3n) is 2.91. The van der Waals surface area contributed by atoms with E-state index in [1.54, 1.807) is 0 Å². The summed E-state index contributed by atoms with van der Waals surface area (Å²) in [5, 5.41) is 0.742. The van der Waals surface area contributed by atoms with Crippen LogP contribution in [0.1, 0.15) is 18.4 Å². The van der Waals surface area contributed by atoms with E-state index in [9.17, 15) is 0 Å². The van der Waals surface area contributed by atoms with Gasteiger partial charge in [-0.05, 0) is 61.9 Å². The summed E-state index contributed by atoms with van der Waals surface area (Å²) in [6.45, 7) is 2.87. The van der Waals surface area contributed by atoms with E-state index in [0.717, 1.165) is 36.0 Å². The Balaban J connectivity index is 1.57. The van der Waals surface area contributed by atoms with Gasteiger partial charge in [0.05, 0.1) is 6.61 Å². The minimum absolute atomic E-state index is 0.742. The number of aryl methyl sites for hydroxylation is 1. The monoisotopic (exact) mass is 306 g/mol. The maximum absolute atomic E-state index is 5.82. The third kappa shape index (κ3) is 5.48. The second kappa shape index (κ2) is 8.23. The number of halogens is 1. The van der Waals surface area contributed by atoms with Gasteiger partial charge >= 0.3 is 0 Å². The first-order valence-corrected chi connectivity index (χ1v) is 8.18. The second-order valence-corrected chi connectivity index (χ2v) is 6.28. The molecule has 0 N–H and O–H groups in total. The van der Waals surface area contributed by atoms with E-state index >= 15 is 0 Å². The van der Waals surface area contributed by atoms with Gasteiger partial charge in [-0.3, -0.25) is 0 Å². The van der Waals surface area contributed by atoms with Crippen LogP contribution >= 0.6 is 23.4 Å². The highest BCUT2D eigenvalue weighted by atomic mass is 35.5. The fraction of sp³-hybridized carbons (Fsp3) is 0.294. The molecule has 20 heavy (non-hydrogen) atoms. The molecule has 0 aliphatic rings. The SMILES string of the molecule is Cc1ccc(SCCCCOc2ccc(Cl)cc2)cc1. The average Bonchev–Trinajstić information content (AvgIpc) is 2.46. The zero-order valence-electron chi connectivity index (χ0n) is 11.6. The van der Waals surface area contributed by atoms with Crippen molar-refractivity contribution in [3.63, 3.8) is 0 Å². The Morgan fingerprint density at radius 1 is 0.950 bits per heavy atom. The highest BCUT2D eigenvalue weighted by Gasteiger charge is 1.96. The molecule has 0 heterocycles. The summed E-state index contributed by atoms with van der Waals surface area (Å²) in [7, 11) is 0. The second-order valence-electron chi connectivity index (χ2n) is 4.67. The van der Waals surface area contributed by atoms with Gasteiger partial charge in [0.15, 0.2) is 0 Å². The average molecular weight is 307 g/mol. The summed E-state index contributed by atoms with van der Waals surface area (Å²) in [6, 6.07) is 16.2. The summed E-state index contributed by atoms with van der Waals surface area (Å²) in [6.07, 6.45) is 2.23. The number of hydrogen-bond acceptors (Lipinski definition) is 2. The zero-order chi connectivity index (χ0) is 14.2. The molecule has 0 atom stereocenters. The molecular weight excluding hydrogens is 288 g/mol. The van der Waals surface area contributed by atoms with Crippen LogP contribution in [0.4, 0.5) is 0 Å². The van der Waals surface area contributed by atoms with Crippen molar-refractivity contribution in [2.45, 2.75) is 24.7 Å². The molecular formula is C17H19ClOS. The van der Waals surface area contributed by atoms with Crippen molar-refractivity contribution in [1.82, 2.24) is 0 Å². The largest absolute Gasteiger partial charge is 0.494 e. The van der Waals surface area contributed by atoms with Gasteiger partial charge in [-0.2, -0.15) is 0 Å². The van der Waals surface area contributed by atoms with Crippen molar-refractivity contribution < 1.29 is 4.74 Å². The molecule has 0 fully saturated rings. The predicted octanol–water partition coefficient (Wildman–Crippen LogP) is 5.60. The fourth-order valence-electron chi connectivity index (χ4n) is 1.75. The van der Waals surface area contributed by atoms with Crippen molar-refractivity contribution in [3.05, 3.63) is 59.1 Å². The lowest BCUT2D eigenvalue weighted by atomic mass is 10.2. The van der Waals surface area contributed by atoms with Gasteiger partial charge < -0.3 is 4.74 Å². The fourth-order valence-corrected chi connectivity index (χ4v) is 2.79. The van der Waals surface area contributed by atoms with Crippen LogP contribution in [-0.4, -0.2) is 12.4 Å². The van der Waals surface area contributed by atoms with Gasteiger partial charge in [-0.25, -0.2) is 0 Å². The van der Waals surface area contributed by atoms with Crippen LogP contribution in [0.15, 0.2) is 53.4 Å². The summed E-state index contributed by atoms with van der Waals surface area (Å²) in [5.41, 5.74) is 1.31. The number of ether oxygens (including phenoxy) is 1. The maximum Gasteiger partial charge on any atom is 0.119 e. The van der Waals surface area contributed by atoms with E-state index < -0.39 is 0 Å². The van der Waals surface area contributed by atoms with Crippen LogP contribution < -0.4 is 4.74 Å². The molecule has 0 bridgehead atoms. The van der Waals surface area contributed by atoms with E-state index in [4.69, 9.17) is 16.3 Å². The Bertz CT molecular complexity index is 458. The number of thioether (sulfide) groups is 1. The van der Waals surface area contributed by atoms with Crippen molar-refractivity contribution >= 4 is 23.4 Å². The molecule has 0 spiro atoms. The normalized spacial score (nSPS) is 10.5. The van der Waals surface area contributed by atoms with Gasteiger partial charge in [0, 0.05) is 9.92 Å². The first-order valence-electron chi connectivity index (χ1n) is 6.82. The van der Waals surface area contributed by atoms with Gasteiger partial charge in [0.1, 0.15) is 5.75 Å². The Morgan fingerprint density at radius 3 is 2.35 bits per heavy atom. The quantitative estimate of drug-likeness (QED) is 0.486. The van der Waals surface area contributed by atoms with Crippen LogP contribution in [-0.2, 0) is 0 Å². The van der Waals surface area contributed by atoms with Gasteiger partial charge in [0.2, 0.25) is 0 Å². The number of unbranched alkanes of at least 4 members (excludes halogenated alkanes) is 1. The highest BCUT2D eigenvalue weighted by molar-refractivity contribution is 7.99. The van der Waals surface area contributed by atoms with Crippen molar-refractivity contribution in [3.8, 4) is 5.75 Å². The highest BCUT2D eigenvalue weighted by Crippen LogP contribution is 2.20. The maximum atomic E-state index is 5.82. The molecule has 0 aliphatic carbocycles. The lowest BCUT2D eigenvalue weighted by molar-refractivity contribution is 0.310. The first-order chi connectivity index (χ1) is 9.74. The van der Waals surface area contributed by atoms with Gasteiger partial charge in [-0.15, -0.1) is 11.8 Å². The van der Waals surface area contributed by atoms with Crippen LogP contribution in [0.3, 0.4) is 0 Å². The summed E-state index contributed by atoms with van der Waals surface area (Å²) in [5.74, 6) is 2.02. The van der Waals surface area contributed by atoms with Crippen LogP contribution in [0.25, 0.3) is 0 Å². The smallest absolute Gasteiger partial charge is 0.119 e. The van der Waals surface area contributed by atoms with Crippen molar-refractivity contribution in [2.24, 2.45) is 0 Å². The topological polar surface area (TPSA) is 9.23 Å². The molecule has 0 radical (unpaired) electrons. The molecule has 0 unspecified atom stereocenters. The first kappa shape index (κ1) is 15.3. The molecule has 0 aliphatic heterocycles. The lowest BCUT2D eigenvalue weighted by Gasteiger charge is -2.06. The minimum Gasteiger partial charge on any atom is -0.494 e. The van der Waals surface area contributed by atoms with E-state index in [1.807, 2.05) is 36.0 Å². The molecule has 0 saturated heterocycles. The third-order valence-corrected chi connectivity index (χ3v) is 4.26. The standard InChI is InChI=1S/C17H19ClOS/c1-14-4-10-17(11-5-14)20-13-3-2-12-19-16-8-6-15(18)7-9-16/h4-11H,2-3,12-13H2,1H3. The minimum atomic E-state index is 0.742. The van der Waals surface area contributed by atoms with Gasteiger partial charge in [0.25, 0.3) is 0 Å². The van der Waals surface area contributed by atoms with Crippen LogP contribution in [0.5, 0.6) is 5.75 Å². The Hall–Kier alpha value is -1.12. The van der Waals surface area contributed by atoms with E-state index in [2.05, 4.69) is 31.2 Å². The van der Waals surface area contributed by atoms with Crippen molar-refractivity contribution in [2.75, 3.05) is 12.4 Å². The number of benzene rings is 2. The van der Waals surface area contributed by atoms with Crippen LogP contribution in [0, 0.1) is 6.92 Å². The molecule has 2 aromatic rings. The van der Waals surface area contributed by atoms with E-state index in [-0.39, 0.29) is 0 Å². The molecule has 106 valence electrons. The Morgan fingerprint density at radius 2 is 1.65 bits per heavy atom. The molecule has 1 nitrogen and oxygen atoms in total. The Labute approximate surface area is 130 Å². The van der Waals surface area contributed by atoms with Gasteiger partial charge in [-0.1, -0.05) is 29.3 Å². The molecule has 0 amide bonds. The molecule has 3 heteroatoms.